The predicted octanol–water partition coefficient (Wildman–Crippen LogP) is 7.53. The molecule has 0 saturated carbocycles. The summed E-state index contributed by atoms with van der Waals surface area (Å²) in [4.78, 5) is 0. The maximum absolute atomic E-state index is 11.4. The molecule has 0 saturated heterocycles. The maximum Gasteiger partial charge on any atom is 0.124 e. The molecule has 0 aromatic heterocycles. The van der Waals surface area contributed by atoms with Gasteiger partial charge in [0.1, 0.15) is 17.1 Å². The first kappa shape index (κ1) is 23.1. The Labute approximate surface area is 174 Å². The van der Waals surface area contributed by atoms with E-state index in [1.807, 2.05) is 0 Å². The van der Waals surface area contributed by atoms with Gasteiger partial charge in [-0.25, -0.2) is 0 Å². The van der Waals surface area contributed by atoms with E-state index in [4.69, 9.17) is 4.74 Å². The van der Waals surface area contributed by atoms with Crippen molar-refractivity contribution in [1.82, 2.24) is 0 Å². The summed E-state index contributed by atoms with van der Waals surface area (Å²) in [6, 6.07) is 2.12. The normalized spacial score (nSPS) is 17.4. The van der Waals surface area contributed by atoms with Crippen LogP contribution in [0.15, 0.2) is 6.07 Å². The molecule has 0 aliphatic carbocycles. The minimum absolute atomic E-state index is 0.0121. The first-order valence-electron chi connectivity index (χ1n) is 11.0. The molecule has 1 aromatic carbocycles. The van der Waals surface area contributed by atoms with Crippen molar-refractivity contribution in [3.05, 3.63) is 22.8 Å². The molecule has 28 heavy (non-hydrogen) atoms. The summed E-state index contributed by atoms with van der Waals surface area (Å²) in [5, 5.41) is 11.4. The molecule has 0 bridgehead atoms. The molecule has 0 amide bonds. The van der Waals surface area contributed by atoms with Crippen LogP contribution >= 0.6 is 0 Å². The van der Waals surface area contributed by atoms with Gasteiger partial charge in [0.2, 0.25) is 0 Å². The summed E-state index contributed by atoms with van der Waals surface area (Å²) in [7, 11) is 0. The Kier molecular flexibility index (Phi) is 5.51. The van der Waals surface area contributed by atoms with Crippen LogP contribution in [0.3, 0.4) is 0 Å². The largest absolute Gasteiger partial charge is 0.507 e. The van der Waals surface area contributed by atoms with Gasteiger partial charge in [0.15, 0.2) is 0 Å². The van der Waals surface area contributed by atoms with Crippen molar-refractivity contribution >= 4 is 0 Å². The Morgan fingerprint density at radius 2 is 1.32 bits per heavy atom. The van der Waals surface area contributed by atoms with Gasteiger partial charge in [-0.3, -0.25) is 0 Å². The summed E-state index contributed by atoms with van der Waals surface area (Å²) < 4.78 is 7.02. The van der Waals surface area contributed by atoms with E-state index in [1.54, 1.807) is 0 Å². The lowest BCUT2D eigenvalue weighted by atomic mass is 9.57. The number of hydrogen-bond acceptors (Lipinski definition) is 2. The monoisotopic (exact) mass is 388 g/mol. The van der Waals surface area contributed by atoms with E-state index in [1.165, 1.54) is 5.56 Å². The number of fused-ring (bicyclic) bond motifs is 1. The lowest BCUT2D eigenvalue weighted by Gasteiger charge is -2.52. The second-order valence-electron chi connectivity index (χ2n) is 12.2. The van der Waals surface area contributed by atoms with Crippen LogP contribution < -0.4 is 4.74 Å². The van der Waals surface area contributed by atoms with Crippen LogP contribution in [0.1, 0.15) is 113 Å². The van der Waals surface area contributed by atoms with E-state index >= 15 is 0 Å². The van der Waals surface area contributed by atoms with Gasteiger partial charge in [-0.15, -0.1) is 0 Å². The number of phenolic OH excluding ortho intramolecular Hbond substituents is 1. The van der Waals surface area contributed by atoms with Crippen molar-refractivity contribution < 1.29 is 9.84 Å². The Hall–Kier alpha value is -1.18. The third kappa shape index (κ3) is 3.35. The second-order valence-corrected chi connectivity index (χ2v) is 12.2. The molecule has 0 unspecified atom stereocenters. The van der Waals surface area contributed by atoms with E-state index in [9.17, 15) is 5.11 Å². The van der Waals surface area contributed by atoms with Crippen molar-refractivity contribution in [3.63, 3.8) is 0 Å². The zero-order valence-electron chi connectivity index (χ0n) is 20.6. The van der Waals surface area contributed by atoms with Crippen molar-refractivity contribution in [3.8, 4) is 11.5 Å². The molecule has 1 aliphatic heterocycles. The van der Waals surface area contributed by atoms with E-state index in [0.29, 0.717) is 5.75 Å². The topological polar surface area (TPSA) is 29.5 Å². The number of hydrogen-bond donors (Lipinski definition) is 1. The van der Waals surface area contributed by atoms with Gasteiger partial charge in [0.05, 0.1) is 0 Å². The molecule has 2 heteroatoms. The molecular formula is C26H44O2. The van der Waals surface area contributed by atoms with Crippen LogP contribution in [0.5, 0.6) is 11.5 Å². The number of aromatic hydroxyl groups is 1. The standard InChI is InChI=1S/C26H44O2/c1-13-24(9,10)26(25(11,12)14-2)16-17-19(28-26)15-18(22(3,4)5)21(27)20(17)23(6,7)8/h15,27H,13-14,16H2,1-12H3. The highest BCUT2D eigenvalue weighted by molar-refractivity contribution is 5.60. The summed E-state index contributed by atoms with van der Waals surface area (Å²) >= 11 is 0. The quantitative estimate of drug-likeness (QED) is 0.577. The smallest absolute Gasteiger partial charge is 0.124 e. The van der Waals surface area contributed by atoms with Crippen LogP contribution in [0.4, 0.5) is 0 Å². The predicted molar refractivity (Wildman–Crippen MR) is 121 cm³/mol. The molecule has 0 radical (unpaired) electrons. The maximum atomic E-state index is 11.4. The highest BCUT2D eigenvalue weighted by atomic mass is 16.5. The fourth-order valence-electron chi connectivity index (χ4n) is 5.05. The summed E-state index contributed by atoms with van der Waals surface area (Å²) in [6.07, 6.45) is 2.95. The fraction of sp³-hybridized carbons (Fsp3) is 0.769. The first-order valence-corrected chi connectivity index (χ1v) is 11.0. The van der Waals surface area contributed by atoms with Gasteiger partial charge in [-0.2, -0.15) is 0 Å². The van der Waals surface area contributed by atoms with Gasteiger partial charge in [-0.1, -0.05) is 83.1 Å². The van der Waals surface area contributed by atoms with Gasteiger partial charge in [0, 0.05) is 33.9 Å². The van der Waals surface area contributed by atoms with Crippen LogP contribution in [0.25, 0.3) is 0 Å². The summed E-state index contributed by atoms with van der Waals surface area (Å²) in [5.41, 5.74) is 2.69. The number of ether oxygens (including phenoxy) is 1. The minimum Gasteiger partial charge on any atom is -0.507 e. The highest BCUT2D eigenvalue weighted by Gasteiger charge is 2.59. The molecular weight excluding hydrogens is 344 g/mol. The number of benzene rings is 1. The molecule has 0 spiro atoms. The van der Waals surface area contributed by atoms with Crippen molar-refractivity contribution in [2.45, 2.75) is 119 Å². The third-order valence-electron chi connectivity index (χ3n) is 7.59. The van der Waals surface area contributed by atoms with Gasteiger partial charge >= 0.3 is 0 Å². The van der Waals surface area contributed by atoms with Crippen LogP contribution in [0, 0.1) is 10.8 Å². The molecule has 1 heterocycles. The van der Waals surface area contributed by atoms with Crippen molar-refractivity contribution in [1.29, 1.82) is 0 Å². The number of phenols is 1. The second kappa shape index (κ2) is 6.67. The molecule has 0 atom stereocenters. The SMILES string of the molecule is CCC(C)(C)C1(C(C)(C)CC)Cc2c(cc(C(C)(C)C)c(O)c2C(C)(C)C)O1. The zero-order chi connectivity index (χ0) is 21.9. The molecule has 2 nitrogen and oxygen atoms in total. The van der Waals surface area contributed by atoms with E-state index in [0.717, 1.165) is 36.1 Å². The lowest BCUT2D eigenvalue weighted by Crippen LogP contribution is -2.58. The highest BCUT2D eigenvalue weighted by Crippen LogP contribution is 2.59. The molecule has 0 fully saturated rings. The molecule has 1 aliphatic rings. The van der Waals surface area contributed by atoms with Gasteiger partial charge in [-0.05, 0) is 29.7 Å². The summed E-state index contributed by atoms with van der Waals surface area (Å²) in [6.45, 7) is 27.0. The zero-order valence-corrected chi connectivity index (χ0v) is 20.6. The van der Waals surface area contributed by atoms with Gasteiger partial charge in [0.25, 0.3) is 0 Å². The number of rotatable bonds is 4. The Morgan fingerprint density at radius 3 is 1.68 bits per heavy atom. The van der Waals surface area contributed by atoms with E-state index in [-0.39, 0.29) is 27.3 Å². The molecule has 1 aromatic rings. The Bertz CT molecular complexity index is 723. The van der Waals surface area contributed by atoms with Crippen LogP contribution in [-0.4, -0.2) is 10.7 Å². The van der Waals surface area contributed by atoms with Crippen molar-refractivity contribution in [2.75, 3.05) is 0 Å². The van der Waals surface area contributed by atoms with E-state index in [2.05, 4.69) is 89.2 Å². The minimum atomic E-state index is -0.297. The Morgan fingerprint density at radius 1 is 0.857 bits per heavy atom. The van der Waals surface area contributed by atoms with Crippen LogP contribution in [-0.2, 0) is 17.3 Å². The fourth-order valence-corrected chi connectivity index (χ4v) is 5.05. The molecule has 1 N–H and O–H groups in total. The van der Waals surface area contributed by atoms with Crippen molar-refractivity contribution in [2.24, 2.45) is 10.8 Å². The average molecular weight is 389 g/mol. The lowest BCUT2D eigenvalue weighted by molar-refractivity contribution is -0.117. The average Bonchev–Trinajstić information content (AvgIpc) is 2.93. The van der Waals surface area contributed by atoms with Crippen LogP contribution in [0.2, 0.25) is 0 Å². The molecule has 2 rings (SSSR count). The Balaban J connectivity index is 2.87. The summed E-state index contributed by atoms with van der Waals surface area (Å²) in [5.74, 6) is 1.44. The van der Waals surface area contributed by atoms with Gasteiger partial charge < -0.3 is 9.84 Å². The first-order chi connectivity index (χ1) is 12.4. The third-order valence-corrected chi connectivity index (χ3v) is 7.59. The molecule has 160 valence electrons. The van der Waals surface area contributed by atoms with E-state index < -0.39 is 0 Å².